The number of aryl methyl sites for hydroxylation is 1. The Morgan fingerprint density at radius 2 is 2.23 bits per heavy atom. The van der Waals surface area contributed by atoms with Gasteiger partial charge in [-0.1, -0.05) is 19.8 Å². The van der Waals surface area contributed by atoms with E-state index in [2.05, 4.69) is 32.0 Å². The van der Waals surface area contributed by atoms with Gasteiger partial charge in [-0.25, -0.2) is 0 Å². The second kappa shape index (κ2) is 6.34. The van der Waals surface area contributed by atoms with E-state index in [-0.39, 0.29) is 11.9 Å². The number of amides is 1. The van der Waals surface area contributed by atoms with Crippen molar-refractivity contribution in [1.82, 2.24) is 25.1 Å². The number of rotatable bonds is 5. The molecule has 0 saturated heterocycles. The van der Waals surface area contributed by atoms with Gasteiger partial charge < -0.3 is 14.9 Å². The molecule has 1 aliphatic carbocycles. The molecule has 1 atom stereocenters. The molecule has 2 heterocycles. The van der Waals surface area contributed by atoms with Gasteiger partial charge in [0.15, 0.2) is 5.82 Å². The molecular formula is C16H23N5O. The third-order valence-corrected chi connectivity index (χ3v) is 4.43. The topological polar surface area (TPSA) is 75.6 Å². The second-order valence-electron chi connectivity index (χ2n) is 5.98. The fourth-order valence-corrected chi connectivity index (χ4v) is 3.14. The number of nitrogens with zero attached hydrogens (tertiary/aromatic N) is 3. The highest BCUT2D eigenvalue weighted by Crippen LogP contribution is 2.31. The van der Waals surface area contributed by atoms with E-state index in [4.69, 9.17) is 0 Å². The first-order valence-electron chi connectivity index (χ1n) is 8.07. The first-order valence-corrected chi connectivity index (χ1v) is 8.07. The lowest BCUT2D eigenvalue weighted by Crippen LogP contribution is -2.29. The number of aromatic nitrogens is 4. The first kappa shape index (κ1) is 14.8. The van der Waals surface area contributed by atoms with Crippen LogP contribution in [0.3, 0.4) is 0 Å². The van der Waals surface area contributed by atoms with Crippen molar-refractivity contribution in [3.05, 3.63) is 35.7 Å². The van der Waals surface area contributed by atoms with Crippen molar-refractivity contribution in [3.8, 4) is 0 Å². The summed E-state index contributed by atoms with van der Waals surface area (Å²) in [5, 5.41) is 11.3. The van der Waals surface area contributed by atoms with Crippen LogP contribution in [0.5, 0.6) is 0 Å². The minimum absolute atomic E-state index is 0.104. The van der Waals surface area contributed by atoms with E-state index in [1.165, 1.54) is 25.7 Å². The number of aromatic amines is 1. The molecule has 6 heteroatoms. The monoisotopic (exact) mass is 301 g/mol. The Morgan fingerprint density at radius 3 is 2.91 bits per heavy atom. The fraction of sp³-hybridized carbons (Fsp3) is 0.562. The van der Waals surface area contributed by atoms with E-state index >= 15 is 0 Å². The summed E-state index contributed by atoms with van der Waals surface area (Å²) in [4.78, 5) is 15.4. The molecule has 6 nitrogen and oxygen atoms in total. The van der Waals surface area contributed by atoms with Crippen LogP contribution >= 0.6 is 0 Å². The van der Waals surface area contributed by atoms with Crippen molar-refractivity contribution in [3.63, 3.8) is 0 Å². The maximum atomic E-state index is 12.3. The van der Waals surface area contributed by atoms with Crippen molar-refractivity contribution in [2.45, 2.75) is 58.0 Å². The zero-order valence-electron chi connectivity index (χ0n) is 13.2. The third-order valence-electron chi connectivity index (χ3n) is 4.43. The summed E-state index contributed by atoms with van der Waals surface area (Å²) in [6.07, 6.45) is 7.53. The van der Waals surface area contributed by atoms with Gasteiger partial charge in [-0.2, -0.15) is 0 Å². The molecule has 2 N–H and O–H groups in total. The maximum absolute atomic E-state index is 12.3. The standard InChI is InChI=1S/C16H23N5O/c1-3-12-8-9-14(19-12)16(22)18-11(2)15-20-17-10-21(15)13-6-4-5-7-13/h8-11,13,19H,3-7H2,1-2H3,(H,18,22)/t11-/m1/s1. The summed E-state index contributed by atoms with van der Waals surface area (Å²) >= 11 is 0. The van der Waals surface area contributed by atoms with E-state index in [0.29, 0.717) is 11.7 Å². The van der Waals surface area contributed by atoms with Crippen LogP contribution in [0.15, 0.2) is 18.5 Å². The Morgan fingerprint density at radius 1 is 1.45 bits per heavy atom. The Bertz CT molecular complexity index is 639. The molecule has 1 aliphatic rings. The van der Waals surface area contributed by atoms with Gasteiger partial charge in [-0.3, -0.25) is 4.79 Å². The maximum Gasteiger partial charge on any atom is 0.268 e. The van der Waals surface area contributed by atoms with Gasteiger partial charge in [0.05, 0.1) is 6.04 Å². The van der Waals surface area contributed by atoms with Gasteiger partial charge in [0.2, 0.25) is 0 Å². The zero-order valence-corrected chi connectivity index (χ0v) is 13.2. The minimum atomic E-state index is -0.163. The summed E-state index contributed by atoms with van der Waals surface area (Å²) in [5.74, 6) is 0.732. The molecule has 2 aromatic rings. The van der Waals surface area contributed by atoms with Crippen molar-refractivity contribution < 1.29 is 4.79 Å². The number of H-pyrrole nitrogens is 1. The normalized spacial score (nSPS) is 16.8. The molecule has 22 heavy (non-hydrogen) atoms. The van der Waals surface area contributed by atoms with E-state index in [1.54, 1.807) is 6.33 Å². The number of hydrogen-bond acceptors (Lipinski definition) is 3. The van der Waals surface area contributed by atoms with Crippen molar-refractivity contribution in [1.29, 1.82) is 0 Å². The predicted octanol–water partition coefficient (Wildman–Crippen LogP) is 2.77. The second-order valence-corrected chi connectivity index (χ2v) is 5.98. The Kier molecular flexibility index (Phi) is 4.27. The third kappa shape index (κ3) is 2.91. The van der Waals surface area contributed by atoms with Crippen LogP contribution in [0.4, 0.5) is 0 Å². The van der Waals surface area contributed by atoms with E-state index < -0.39 is 0 Å². The minimum Gasteiger partial charge on any atom is -0.354 e. The molecule has 1 saturated carbocycles. The van der Waals surface area contributed by atoms with Gasteiger partial charge in [-0.05, 0) is 38.3 Å². The lowest BCUT2D eigenvalue weighted by atomic mass is 10.2. The Labute approximate surface area is 130 Å². The predicted molar refractivity (Wildman–Crippen MR) is 83.6 cm³/mol. The van der Waals surface area contributed by atoms with Crippen LogP contribution in [0.2, 0.25) is 0 Å². The van der Waals surface area contributed by atoms with Crippen molar-refractivity contribution in [2.75, 3.05) is 0 Å². The zero-order chi connectivity index (χ0) is 15.5. The molecule has 0 radical (unpaired) electrons. The van der Waals surface area contributed by atoms with E-state index in [0.717, 1.165) is 17.9 Å². The highest BCUT2D eigenvalue weighted by Gasteiger charge is 2.23. The molecular weight excluding hydrogens is 278 g/mol. The number of carbonyl (C=O) groups is 1. The van der Waals surface area contributed by atoms with E-state index in [1.807, 2.05) is 19.1 Å². The number of nitrogens with one attached hydrogen (secondary N) is 2. The summed E-state index contributed by atoms with van der Waals surface area (Å²) in [7, 11) is 0. The summed E-state index contributed by atoms with van der Waals surface area (Å²) in [6.45, 7) is 4.01. The number of carbonyl (C=O) groups excluding carboxylic acids is 1. The van der Waals surface area contributed by atoms with Crippen molar-refractivity contribution >= 4 is 5.91 Å². The van der Waals surface area contributed by atoms with Crippen LogP contribution in [-0.2, 0) is 6.42 Å². The molecule has 0 unspecified atom stereocenters. The molecule has 1 fully saturated rings. The smallest absolute Gasteiger partial charge is 0.268 e. The SMILES string of the molecule is CCc1ccc(C(=O)N[C@H](C)c2nncn2C2CCCC2)[nH]1. The summed E-state index contributed by atoms with van der Waals surface area (Å²) in [5.41, 5.74) is 1.66. The molecule has 118 valence electrons. The van der Waals surface area contributed by atoms with Crippen LogP contribution in [0.25, 0.3) is 0 Å². The van der Waals surface area contributed by atoms with Gasteiger partial charge in [0.1, 0.15) is 12.0 Å². The van der Waals surface area contributed by atoms with Crippen LogP contribution in [0, 0.1) is 0 Å². The molecule has 1 amide bonds. The molecule has 0 bridgehead atoms. The lowest BCUT2D eigenvalue weighted by Gasteiger charge is -2.18. The highest BCUT2D eigenvalue weighted by molar-refractivity contribution is 5.92. The average Bonchev–Trinajstić information content (AvgIpc) is 3.25. The Balaban J connectivity index is 1.70. The van der Waals surface area contributed by atoms with Crippen LogP contribution < -0.4 is 5.32 Å². The first-order chi connectivity index (χ1) is 10.7. The molecule has 3 rings (SSSR count). The van der Waals surface area contributed by atoms with Gasteiger partial charge >= 0.3 is 0 Å². The molecule has 2 aromatic heterocycles. The number of hydrogen-bond donors (Lipinski definition) is 2. The lowest BCUT2D eigenvalue weighted by molar-refractivity contribution is 0.0932. The van der Waals surface area contributed by atoms with Gasteiger partial charge in [0, 0.05) is 11.7 Å². The van der Waals surface area contributed by atoms with Gasteiger partial charge in [-0.15, -0.1) is 10.2 Å². The molecule has 0 spiro atoms. The van der Waals surface area contributed by atoms with Crippen LogP contribution in [0.1, 0.15) is 73.6 Å². The fourth-order valence-electron chi connectivity index (χ4n) is 3.14. The van der Waals surface area contributed by atoms with Crippen molar-refractivity contribution in [2.24, 2.45) is 0 Å². The van der Waals surface area contributed by atoms with E-state index in [9.17, 15) is 4.79 Å². The quantitative estimate of drug-likeness (QED) is 0.891. The highest BCUT2D eigenvalue weighted by atomic mass is 16.1. The average molecular weight is 301 g/mol. The largest absolute Gasteiger partial charge is 0.354 e. The molecule has 0 aromatic carbocycles. The molecule has 0 aliphatic heterocycles. The summed E-state index contributed by atoms with van der Waals surface area (Å²) < 4.78 is 2.13. The summed E-state index contributed by atoms with van der Waals surface area (Å²) in [6, 6.07) is 4.08. The van der Waals surface area contributed by atoms with Crippen LogP contribution in [-0.4, -0.2) is 25.7 Å². The Hall–Kier alpha value is -2.11. The van der Waals surface area contributed by atoms with Gasteiger partial charge in [0.25, 0.3) is 5.91 Å².